The van der Waals surface area contributed by atoms with E-state index in [1.807, 2.05) is 4.90 Å². The average Bonchev–Trinajstić information content (AvgIpc) is 3.18. The molecule has 2 amide bonds. The summed E-state index contributed by atoms with van der Waals surface area (Å²) in [6.45, 7) is 2.10. The third-order valence-corrected chi connectivity index (χ3v) is 6.04. The van der Waals surface area contributed by atoms with E-state index in [1.54, 1.807) is 23.5 Å². The molecule has 7 heteroatoms. The number of likely N-dealkylation sites (tertiary alicyclic amines) is 1. The van der Waals surface area contributed by atoms with Crippen molar-refractivity contribution in [3.8, 4) is 0 Å². The summed E-state index contributed by atoms with van der Waals surface area (Å²) >= 11 is 1.66. The zero-order valence-corrected chi connectivity index (χ0v) is 15.5. The van der Waals surface area contributed by atoms with Gasteiger partial charge in [0.25, 0.3) is 5.91 Å². The van der Waals surface area contributed by atoms with Gasteiger partial charge in [0.1, 0.15) is 0 Å². The van der Waals surface area contributed by atoms with Crippen molar-refractivity contribution >= 4 is 23.2 Å². The van der Waals surface area contributed by atoms with Gasteiger partial charge in [0.2, 0.25) is 5.91 Å². The van der Waals surface area contributed by atoms with E-state index in [9.17, 15) is 9.59 Å². The number of piperidine rings is 1. The first-order chi connectivity index (χ1) is 12.7. The van der Waals surface area contributed by atoms with Crippen LogP contribution in [0.25, 0.3) is 0 Å². The number of carbonyl (C=O) groups is 2. The number of amides is 2. The minimum Gasteiger partial charge on any atom is -0.459 e. The number of nitrogens with zero attached hydrogens (tertiary/aromatic N) is 2. The van der Waals surface area contributed by atoms with E-state index in [1.165, 1.54) is 6.26 Å². The molecule has 2 aromatic rings. The standard InChI is InChI=1S/C19H23N3O3S/c23-17(13-5-6-13)20-8-7-15-12-26-18(21-15)14-3-1-9-22(11-14)19(24)16-4-2-10-25-16/h2,4,10,12-14H,1,3,5-9,11H2,(H,20,23)/t14-/m1/s1. The van der Waals surface area contributed by atoms with E-state index in [4.69, 9.17) is 9.40 Å². The highest BCUT2D eigenvalue weighted by Crippen LogP contribution is 2.30. The van der Waals surface area contributed by atoms with Gasteiger partial charge in [-0.25, -0.2) is 4.98 Å². The first-order valence-corrected chi connectivity index (χ1v) is 10.1. The lowest BCUT2D eigenvalue weighted by molar-refractivity contribution is -0.122. The van der Waals surface area contributed by atoms with E-state index in [0.717, 1.165) is 49.4 Å². The van der Waals surface area contributed by atoms with E-state index in [0.29, 0.717) is 18.8 Å². The number of nitrogens with one attached hydrogen (secondary N) is 1. The Morgan fingerprint density at radius 1 is 1.35 bits per heavy atom. The normalized spacial score (nSPS) is 20.2. The molecule has 1 aliphatic heterocycles. The molecule has 2 aromatic heterocycles. The number of aromatic nitrogens is 1. The molecule has 1 N–H and O–H groups in total. The molecule has 1 atom stereocenters. The van der Waals surface area contributed by atoms with Crippen molar-refractivity contribution in [1.29, 1.82) is 0 Å². The highest BCUT2D eigenvalue weighted by Gasteiger charge is 2.30. The van der Waals surface area contributed by atoms with Crippen molar-refractivity contribution in [3.63, 3.8) is 0 Å². The molecular formula is C19H23N3O3S. The Hall–Kier alpha value is -2.15. The molecule has 3 heterocycles. The number of furan rings is 1. The summed E-state index contributed by atoms with van der Waals surface area (Å²) in [7, 11) is 0. The predicted molar refractivity (Wildman–Crippen MR) is 98.1 cm³/mol. The Bertz CT molecular complexity index is 767. The molecular weight excluding hydrogens is 350 g/mol. The van der Waals surface area contributed by atoms with Gasteiger partial charge in [-0.2, -0.15) is 0 Å². The molecule has 0 aromatic carbocycles. The summed E-state index contributed by atoms with van der Waals surface area (Å²) in [5.74, 6) is 1.07. The maximum atomic E-state index is 12.5. The Morgan fingerprint density at radius 3 is 3.00 bits per heavy atom. The molecule has 138 valence electrons. The maximum absolute atomic E-state index is 12.5. The second-order valence-corrected chi connectivity index (χ2v) is 7.95. The quantitative estimate of drug-likeness (QED) is 0.845. The average molecular weight is 373 g/mol. The lowest BCUT2D eigenvalue weighted by Gasteiger charge is -2.31. The number of thiazole rings is 1. The van der Waals surface area contributed by atoms with Gasteiger partial charge in [-0.15, -0.1) is 11.3 Å². The molecule has 2 aliphatic rings. The van der Waals surface area contributed by atoms with E-state index >= 15 is 0 Å². The summed E-state index contributed by atoms with van der Waals surface area (Å²) in [6, 6.07) is 3.45. The van der Waals surface area contributed by atoms with Crippen LogP contribution in [0, 0.1) is 5.92 Å². The maximum Gasteiger partial charge on any atom is 0.289 e. The lowest BCUT2D eigenvalue weighted by Crippen LogP contribution is -2.38. The van der Waals surface area contributed by atoms with E-state index in [-0.39, 0.29) is 23.7 Å². The summed E-state index contributed by atoms with van der Waals surface area (Å²) < 4.78 is 5.24. The summed E-state index contributed by atoms with van der Waals surface area (Å²) in [5.41, 5.74) is 1.02. The monoisotopic (exact) mass is 373 g/mol. The van der Waals surface area contributed by atoms with Crippen molar-refractivity contribution in [2.24, 2.45) is 5.92 Å². The molecule has 1 aliphatic carbocycles. The fourth-order valence-electron chi connectivity index (χ4n) is 3.35. The van der Waals surface area contributed by atoms with Gasteiger partial charge in [-0.05, 0) is 37.8 Å². The zero-order chi connectivity index (χ0) is 17.9. The molecule has 2 fully saturated rings. The van der Waals surface area contributed by atoms with Crippen LogP contribution in [0.2, 0.25) is 0 Å². The number of carbonyl (C=O) groups excluding carboxylic acids is 2. The fraction of sp³-hybridized carbons (Fsp3) is 0.526. The predicted octanol–water partition coefficient (Wildman–Crippen LogP) is 2.82. The van der Waals surface area contributed by atoms with Crippen LogP contribution in [0.3, 0.4) is 0 Å². The molecule has 1 saturated heterocycles. The summed E-state index contributed by atoms with van der Waals surface area (Å²) in [6.07, 6.45) is 6.38. The van der Waals surface area contributed by atoms with Crippen LogP contribution in [0.5, 0.6) is 0 Å². The first kappa shape index (κ1) is 17.3. The van der Waals surface area contributed by atoms with Crippen LogP contribution in [0.15, 0.2) is 28.2 Å². The highest BCUT2D eigenvalue weighted by atomic mass is 32.1. The van der Waals surface area contributed by atoms with Crippen molar-refractivity contribution in [2.45, 2.75) is 38.0 Å². The van der Waals surface area contributed by atoms with Gasteiger partial charge in [-0.3, -0.25) is 9.59 Å². The lowest BCUT2D eigenvalue weighted by atomic mass is 9.98. The van der Waals surface area contributed by atoms with Crippen molar-refractivity contribution in [2.75, 3.05) is 19.6 Å². The molecule has 0 unspecified atom stereocenters. The van der Waals surface area contributed by atoms with Gasteiger partial charge in [0, 0.05) is 43.3 Å². The van der Waals surface area contributed by atoms with Crippen LogP contribution < -0.4 is 5.32 Å². The molecule has 6 nitrogen and oxygen atoms in total. The third-order valence-electron chi connectivity index (χ3n) is 4.99. The highest BCUT2D eigenvalue weighted by molar-refractivity contribution is 7.09. The number of hydrogen-bond donors (Lipinski definition) is 1. The second kappa shape index (κ2) is 7.61. The Morgan fingerprint density at radius 2 is 2.23 bits per heavy atom. The molecule has 26 heavy (non-hydrogen) atoms. The van der Waals surface area contributed by atoms with Gasteiger partial charge in [0.05, 0.1) is 17.0 Å². The Balaban J connectivity index is 1.31. The Labute approximate surface area is 156 Å². The van der Waals surface area contributed by atoms with E-state index < -0.39 is 0 Å². The molecule has 0 spiro atoms. The topological polar surface area (TPSA) is 75.4 Å². The van der Waals surface area contributed by atoms with Crippen LogP contribution in [0.4, 0.5) is 0 Å². The smallest absolute Gasteiger partial charge is 0.289 e. The van der Waals surface area contributed by atoms with Crippen molar-refractivity contribution in [1.82, 2.24) is 15.2 Å². The largest absolute Gasteiger partial charge is 0.459 e. The van der Waals surface area contributed by atoms with Crippen LogP contribution in [0.1, 0.15) is 52.9 Å². The van der Waals surface area contributed by atoms with Crippen molar-refractivity contribution in [3.05, 3.63) is 40.2 Å². The second-order valence-electron chi connectivity index (χ2n) is 7.06. The van der Waals surface area contributed by atoms with Crippen LogP contribution in [-0.2, 0) is 11.2 Å². The summed E-state index contributed by atoms with van der Waals surface area (Å²) in [4.78, 5) is 30.8. The van der Waals surface area contributed by atoms with Crippen molar-refractivity contribution < 1.29 is 14.0 Å². The molecule has 0 bridgehead atoms. The molecule has 1 saturated carbocycles. The first-order valence-electron chi connectivity index (χ1n) is 9.25. The SMILES string of the molecule is O=C(NCCc1csc([C@@H]2CCCN(C(=O)c3ccco3)C2)n1)C1CC1. The molecule has 0 radical (unpaired) electrons. The summed E-state index contributed by atoms with van der Waals surface area (Å²) in [5, 5.41) is 6.15. The number of rotatable bonds is 6. The number of hydrogen-bond acceptors (Lipinski definition) is 5. The van der Waals surface area contributed by atoms with Gasteiger partial charge in [-0.1, -0.05) is 0 Å². The van der Waals surface area contributed by atoms with E-state index in [2.05, 4.69) is 10.7 Å². The fourth-order valence-corrected chi connectivity index (χ4v) is 4.33. The zero-order valence-electron chi connectivity index (χ0n) is 14.6. The van der Waals surface area contributed by atoms with Gasteiger partial charge < -0.3 is 14.6 Å². The minimum absolute atomic E-state index is 0.0423. The minimum atomic E-state index is -0.0423. The third kappa shape index (κ3) is 3.98. The Kier molecular flexibility index (Phi) is 5.06. The van der Waals surface area contributed by atoms with Gasteiger partial charge >= 0.3 is 0 Å². The van der Waals surface area contributed by atoms with Crippen LogP contribution >= 0.6 is 11.3 Å². The molecule has 4 rings (SSSR count). The van der Waals surface area contributed by atoms with Gasteiger partial charge in [0.15, 0.2) is 5.76 Å². The van der Waals surface area contributed by atoms with Crippen LogP contribution in [-0.4, -0.2) is 41.3 Å².